The lowest BCUT2D eigenvalue weighted by Crippen LogP contribution is -2.45. The van der Waals surface area contributed by atoms with Gasteiger partial charge in [0.05, 0.1) is 19.3 Å². The van der Waals surface area contributed by atoms with Gasteiger partial charge in [0.1, 0.15) is 5.75 Å². The van der Waals surface area contributed by atoms with Crippen LogP contribution in [-0.4, -0.2) is 55.4 Å². The first-order chi connectivity index (χ1) is 13.1. The largest absolute Gasteiger partial charge is 0.494 e. The van der Waals surface area contributed by atoms with Crippen molar-refractivity contribution in [3.8, 4) is 5.75 Å². The lowest BCUT2D eigenvalue weighted by atomic mass is 10.1. The normalized spacial score (nSPS) is 15.3. The predicted molar refractivity (Wildman–Crippen MR) is 112 cm³/mol. The summed E-state index contributed by atoms with van der Waals surface area (Å²) in [5.41, 5.74) is 0.821. The van der Waals surface area contributed by atoms with E-state index in [-0.39, 0.29) is 5.91 Å². The molecule has 1 saturated heterocycles. The number of anilines is 1. The summed E-state index contributed by atoms with van der Waals surface area (Å²) in [7, 11) is 1.74. The second kappa shape index (κ2) is 11.9. The van der Waals surface area contributed by atoms with Crippen molar-refractivity contribution in [2.75, 3.05) is 38.7 Å². The van der Waals surface area contributed by atoms with E-state index in [1.54, 1.807) is 7.11 Å². The molecular formula is C20H31N3O3S. The fourth-order valence-electron chi connectivity index (χ4n) is 3.01. The number of likely N-dealkylation sites (tertiary alicyclic amines) is 1. The molecule has 1 fully saturated rings. The number of rotatable bonds is 9. The number of hydrogen-bond acceptors (Lipinski definition) is 5. The Morgan fingerprint density at radius 1 is 1.22 bits per heavy atom. The Hall–Kier alpha value is -1.70. The molecule has 1 amide bonds. The number of carbonyl (C=O) groups is 1. The van der Waals surface area contributed by atoms with Crippen molar-refractivity contribution in [1.82, 2.24) is 10.2 Å². The maximum Gasteiger partial charge on any atom is 0.240 e. The summed E-state index contributed by atoms with van der Waals surface area (Å²) in [5, 5.41) is 6.09. The van der Waals surface area contributed by atoms with Gasteiger partial charge in [-0.05, 0) is 55.7 Å². The Labute approximate surface area is 167 Å². The lowest BCUT2D eigenvalue weighted by molar-refractivity contribution is -0.121. The summed E-state index contributed by atoms with van der Waals surface area (Å²) in [6.45, 7) is 4.99. The molecule has 0 bridgehead atoms. The third kappa shape index (κ3) is 8.24. The molecule has 0 unspecified atom stereocenters. The second-order valence-electron chi connectivity index (χ2n) is 6.79. The van der Waals surface area contributed by atoms with E-state index in [1.807, 2.05) is 24.3 Å². The molecule has 1 aromatic carbocycles. The SMILES string of the molecule is CCCCCOc1ccc(NC(=S)NC(=O)CN2CCC(OC)CC2)cc1. The summed E-state index contributed by atoms with van der Waals surface area (Å²) >= 11 is 5.24. The Bertz CT molecular complexity index is 587. The van der Waals surface area contributed by atoms with Crippen molar-refractivity contribution in [3.05, 3.63) is 24.3 Å². The second-order valence-corrected chi connectivity index (χ2v) is 7.20. The van der Waals surface area contributed by atoms with Gasteiger partial charge in [0, 0.05) is 25.9 Å². The summed E-state index contributed by atoms with van der Waals surface area (Å²) in [5.74, 6) is 0.741. The average Bonchev–Trinajstić information content (AvgIpc) is 2.67. The molecule has 2 rings (SSSR count). The van der Waals surface area contributed by atoms with Gasteiger partial charge in [0.25, 0.3) is 0 Å². The molecule has 0 aliphatic carbocycles. The topological polar surface area (TPSA) is 62.8 Å². The molecule has 150 valence electrons. The van der Waals surface area contributed by atoms with Crippen molar-refractivity contribution in [2.24, 2.45) is 0 Å². The van der Waals surface area contributed by atoms with E-state index >= 15 is 0 Å². The van der Waals surface area contributed by atoms with Gasteiger partial charge in [-0.25, -0.2) is 0 Å². The number of benzene rings is 1. The fraction of sp³-hybridized carbons (Fsp3) is 0.600. The van der Waals surface area contributed by atoms with Crippen LogP contribution in [0.2, 0.25) is 0 Å². The molecule has 0 radical (unpaired) electrons. The number of hydrogen-bond donors (Lipinski definition) is 2. The number of carbonyl (C=O) groups excluding carboxylic acids is 1. The minimum absolute atomic E-state index is 0.0979. The molecule has 1 aromatic rings. The van der Waals surface area contributed by atoms with E-state index in [1.165, 1.54) is 12.8 Å². The molecular weight excluding hydrogens is 362 g/mol. The molecule has 7 heteroatoms. The first-order valence-corrected chi connectivity index (χ1v) is 10.1. The van der Waals surface area contributed by atoms with Gasteiger partial charge < -0.3 is 20.1 Å². The molecule has 2 N–H and O–H groups in total. The molecule has 0 aromatic heterocycles. The summed E-state index contributed by atoms with van der Waals surface area (Å²) in [4.78, 5) is 14.3. The number of amides is 1. The number of nitrogens with one attached hydrogen (secondary N) is 2. The third-order valence-electron chi connectivity index (χ3n) is 4.62. The van der Waals surface area contributed by atoms with E-state index in [9.17, 15) is 4.79 Å². The van der Waals surface area contributed by atoms with Crippen LogP contribution in [0.1, 0.15) is 39.0 Å². The van der Waals surface area contributed by atoms with Gasteiger partial charge in [-0.15, -0.1) is 0 Å². The van der Waals surface area contributed by atoms with Crippen LogP contribution in [0.3, 0.4) is 0 Å². The van der Waals surface area contributed by atoms with Crippen molar-refractivity contribution in [2.45, 2.75) is 45.1 Å². The fourth-order valence-corrected chi connectivity index (χ4v) is 3.24. The van der Waals surface area contributed by atoms with E-state index < -0.39 is 0 Å². The van der Waals surface area contributed by atoms with Gasteiger partial charge in [-0.1, -0.05) is 19.8 Å². The van der Waals surface area contributed by atoms with E-state index in [0.717, 1.165) is 50.4 Å². The number of ether oxygens (including phenoxy) is 2. The zero-order chi connectivity index (χ0) is 19.5. The van der Waals surface area contributed by atoms with Gasteiger partial charge in [0.15, 0.2) is 5.11 Å². The Morgan fingerprint density at radius 3 is 2.56 bits per heavy atom. The first kappa shape index (κ1) is 21.6. The standard InChI is InChI=1S/C20H31N3O3S/c1-3-4-5-14-26-18-8-6-16(7-9-18)21-20(27)22-19(24)15-23-12-10-17(25-2)11-13-23/h6-9,17H,3-5,10-15H2,1-2H3,(H2,21,22,24,27). The highest BCUT2D eigenvalue weighted by molar-refractivity contribution is 7.80. The molecule has 1 heterocycles. The average molecular weight is 394 g/mol. The van der Waals surface area contributed by atoms with Crippen LogP contribution in [0.5, 0.6) is 5.75 Å². The van der Waals surface area contributed by atoms with Crippen LogP contribution in [0, 0.1) is 0 Å². The van der Waals surface area contributed by atoms with E-state index in [2.05, 4.69) is 22.5 Å². The zero-order valence-electron chi connectivity index (χ0n) is 16.3. The van der Waals surface area contributed by atoms with E-state index in [4.69, 9.17) is 21.7 Å². The van der Waals surface area contributed by atoms with Crippen LogP contribution < -0.4 is 15.4 Å². The summed E-state index contributed by atoms with van der Waals surface area (Å²) in [6, 6.07) is 7.59. The predicted octanol–water partition coefficient (Wildman–Crippen LogP) is 3.18. The van der Waals surface area contributed by atoms with Crippen molar-refractivity contribution in [1.29, 1.82) is 0 Å². The first-order valence-electron chi connectivity index (χ1n) is 9.69. The molecule has 1 aliphatic rings. The minimum Gasteiger partial charge on any atom is -0.494 e. The third-order valence-corrected chi connectivity index (χ3v) is 4.82. The van der Waals surface area contributed by atoms with Crippen LogP contribution in [-0.2, 0) is 9.53 Å². The van der Waals surface area contributed by atoms with E-state index in [0.29, 0.717) is 17.8 Å². The zero-order valence-corrected chi connectivity index (χ0v) is 17.1. The number of thiocarbonyl (C=S) groups is 1. The number of nitrogens with zero attached hydrogens (tertiary/aromatic N) is 1. The molecule has 0 atom stereocenters. The highest BCUT2D eigenvalue weighted by Gasteiger charge is 2.20. The van der Waals surface area contributed by atoms with Crippen LogP contribution in [0.4, 0.5) is 5.69 Å². The quantitative estimate of drug-likeness (QED) is 0.496. The number of piperidine rings is 1. The molecule has 1 aliphatic heterocycles. The lowest BCUT2D eigenvalue weighted by Gasteiger charge is -2.30. The summed E-state index contributed by atoms with van der Waals surface area (Å²) < 4.78 is 11.0. The van der Waals surface area contributed by atoms with Gasteiger partial charge in [-0.2, -0.15) is 0 Å². The van der Waals surface area contributed by atoms with Gasteiger partial charge >= 0.3 is 0 Å². The van der Waals surface area contributed by atoms with Crippen LogP contribution in [0.15, 0.2) is 24.3 Å². The monoisotopic (exact) mass is 393 g/mol. The molecule has 27 heavy (non-hydrogen) atoms. The van der Waals surface area contributed by atoms with Crippen LogP contribution in [0.25, 0.3) is 0 Å². The maximum absolute atomic E-state index is 12.2. The Morgan fingerprint density at radius 2 is 1.93 bits per heavy atom. The molecule has 0 spiro atoms. The highest BCUT2D eigenvalue weighted by atomic mass is 32.1. The molecule has 6 nitrogen and oxygen atoms in total. The van der Waals surface area contributed by atoms with Gasteiger partial charge in [0.2, 0.25) is 5.91 Å². The number of methoxy groups -OCH3 is 1. The highest BCUT2D eigenvalue weighted by Crippen LogP contribution is 2.16. The Balaban J connectivity index is 1.68. The van der Waals surface area contributed by atoms with Crippen LogP contribution >= 0.6 is 12.2 Å². The smallest absolute Gasteiger partial charge is 0.240 e. The summed E-state index contributed by atoms with van der Waals surface area (Å²) in [6.07, 6.45) is 5.65. The van der Waals surface area contributed by atoms with Crippen molar-refractivity contribution in [3.63, 3.8) is 0 Å². The molecule has 0 saturated carbocycles. The van der Waals surface area contributed by atoms with Crippen molar-refractivity contribution < 1.29 is 14.3 Å². The Kier molecular flexibility index (Phi) is 9.52. The van der Waals surface area contributed by atoms with Crippen molar-refractivity contribution >= 4 is 28.9 Å². The number of unbranched alkanes of at least 4 members (excludes halogenated alkanes) is 2. The minimum atomic E-state index is -0.0979. The van der Waals surface area contributed by atoms with Gasteiger partial charge in [-0.3, -0.25) is 9.69 Å². The maximum atomic E-state index is 12.2.